The lowest BCUT2D eigenvalue weighted by Crippen LogP contribution is -2.48. The van der Waals surface area contributed by atoms with E-state index in [9.17, 15) is 4.79 Å². The summed E-state index contributed by atoms with van der Waals surface area (Å²) in [7, 11) is 0. The summed E-state index contributed by atoms with van der Waals surface area (Å²) in [5.74, 6) is 0.0632. The number of carbonyl (C=O) groups is 1. The van der Waals surface area contributed by atoms with Gasteiger partial charge in [-0.05, 0) is 24.1 Å². The Labute approximate surface area is 103 Å². The lowest BCUT2D eigenvalue weighted by atomic mass is 10.1. The van der Waals surface area contributed by atoms with Gasteiger partial charge >= 0.3 is 0 Å². The molecule has 16 heavy (non-hydrogen) atoms. The predicted molar refractivity (Wildman–Crippen MR) is 67.5 cm³/mol. The van der Waals surface area contributed by atoms with Crippen LogP contribution < -0.4 is 10.9 Å². The van der Waals surface area contributed by atoms with Crippen molar-refractivity contribution in [1.82, 2.24) is 10.9 Å². The number of amides is 1. The van der Waals surface area contributed by atoms with Gasteiger partial charge in [0.15, 0.2) is 0 Å². The first-order valence-electron chi connectivity index (χ1n) is 5.22. The number of hydrogen-bond acceptors (Lipinski definition) is 2. The van der Waals surface area contributed by atoms with Crippen LogP contribution in [0.5, 0.6) is 0 Å². The fourth-order valence-electron chi connectivity index (χ4n) is 1.54. The summed E-state index contributed by atoms with van der Waals surface area (Å²) in [5, 5.41) is 0. The van der Waals surface area contributed by atoms with Crippen LogP contribution >= 0.6 is 15.9 Å². The molecule has 1 saturated heterocycles. The van der Waals surface area contributed by atoms with Gasteiger partial charge in [0.05, 0.1) is 0 Å². The van der Waals surface area contributed by atoms with E-state index in [-0.39, 0.29) is 11.9 Å². The Hall–Kier alpha value is -1.13. The van der Waals surface area contributed by atoms with Crippen molar-refractivity contribution in [2.75, 3.05) is 0 Å². The normalized spacial score (nSPS) is 21.1. The molecule has 1 heterocycles. The van der Waals surface area contributed by atoms with E-state index in [0.717, 1.165) is 16.5 Å². The standard InChI is InChI=1S/C12H13BrN2O/c13-10-4-1-9(2-5-10)3-6-11-7-8-12(16)15-14-11/h1-6,11,14H,7-8H2,(H,15,16)/b6-3+. The molecule has 84 valence electrons. The highest BCUT2D eigenvalue weighted by Gasteiger charge is 2.13. The maximum Gasteiger partial charge on any atom is 0.234 e. The monoisotopic (exact) mass is 280 g/mol. The minimum absolute atomic E-state index is 0.0632. The van der Waals surface area contributed by atoms with Gasteiger partial charge in [0.2, 0.25) is 5.91 Å². The molecule has 2 rings (SSSR count). The third-order valence-electron chi connectivity index (χ3n) is 2.47. The Morgan fingerprint density at radius 1 is 1.31 bits per heavy atom. The van der Waals surface area contributed by atoms with E-state index < -0.39 is 0 Å². The zero-order valence-electron chi connectivity index (χ0n) is 8.74. The number of benzene rings is 1. The van der Waals surface area contributed by atoms with Crippen LogP contribution in [-0.2, 0) is 4.79 Å². The second kappa shape index (κ2) is 5.27. The van der Waals surface area contributed by atoms with Gasteiger partial charge < -0.3 is 0 Å². The minimum atomic E-state index is 0.0632. The van der Waals surface area contributed by atoms with Crippen LogP contribution in [0.25, 0.3) is 6.08 Å². The molecule has 0 spiro atoms. The average Bonchev–Trinajstić information content (AvgIpc) is 2.30. The first-order valence-corrected chi connectivity index (χ1v) is 6.01. The molecule has 1 aromatic rings. The highest BCUT2D eigenvalue weighted by molar-refractivity contribution is 9.10. The van der Waals surface area contributed by atoms with Gasteiger partial charge in [-0.1, -0.05) is 40.2 Å². The number of halogens is 1. The molecule has 1 aliphatic heterocycles. The van der Waals surface area contributed by atoms with E-state index in [0.29, 0.717) is 6.42 Å². The fraction of sp³-hybridized carbons (Fsp3) is 0.250. The van der Waals surface area contributed by atoms with Crippen molar-refractivity contribution in [3.8, 4) is 0 Å². The SMILES string of the molecule is O=C1CCC(/C=C/c2ccc(Br)cc2)NN1. The lowest BCUT2D eigenvalue weighted by molar-refractivity contribution is -0.123. The van der Waals surface area contributed by atoms with Crippen molar-refractivity contribution < 1.29 is 4.79 Å². The Bertz CT molecular complexity index is 390. The van der Waals surface area contributed by atoms with Crippen LogP contribution in [-0.4, -0.2) is 11.9 Å². The van der Waals surface area contributed by atoms with Crippen molar-refractivity contribution >= 4 is 27.9 Å². The molecular weight excluding hydrogens is 268 g/mol. The third-order valence-corrected chi connectivity index (χ3v) is 3.00. The molecule has 0 saturated carbocycles. The summed E-state index contributed by atoms with van der Waals surface area (Å²) in [4.78, 5) is 10.9. The fourth-order valence-corrected chi connectivity index (χ4v) is 1.80. The molecule has 1 amide bonds. The first-order chi connectivity index (χ1) is 7.74. The predicted octanol–water partition coefficient (Wildman–Crippen LogP) is 2.25. The molecule has 1 aliphatic rings. The van der Waals surface area contributed by atoms with Crippen molar-refractivity contribution in [1.29, 1.82) is 0 Å². The number of hydrogen-bond donors (Lipinski definition) is 2. The second-order valence-corrected chi connectivity index (χ2v) is 4.66. The average molecular weight is 281 g/mol. The summed E-state index contributed by atoms with van der Waals surface area (Å²) >= 11 is 3.40. The van der Waals surface area contributed by atoms with Crippen LogP contribution in [0.3, 0.4) is 0 Å². The Morgan fingerprint density at radius 2 is 2.06 bits per heavy atom. The van der Waals surface area contributed by atoms with Gasteiger partial charge in [0, 0.05) is 16.9 Å². The Kier molecular flexibility index (Phi) is 3.74. The molecule has 1 atom stereocenters. The van der Waals surface area contributed by atoms with Gasteiger partial charge in [-0.3, -0.25) is 10.2 Å². The smallest absolute Gasteiger partial charge is 0.234 e. The van der Waals surface area contributed by atoms with Crippen molar-refractivity contribution in [2.45, 2.75) is 18.9 Å². The zero-order chi connectivity index (χ0) is 11.4. The van der Waals surface area contributed by atoms with E-state index in [4.69, 9.17) is 0 Å². The molecule has 0 aromatic heterocycles. The molecule has 1 unspecified atom stereocenters. The number of rotatable bonds is 2. The largest absolute Gasteiger partial charge is 0.291 e. The van der Waals surface area contributed by atoms with Crippen LogP contribution in [0, 0.1) is 0 Å². The van der Waals surface area contributed by atoms with Gasteiger partial charge in [-0.25, -0.2) is 5.43 Å². The van der Waals surface area contributed by atoms with E-state index in [2.05, 4.69) is 38.9 Å². The topological polar surface area (TPSA) is 41.1 Å². The van der Waals surface area contributed by atoms with E-state index >= 15 is 0 Å². The second-order valence-electron chi connectivity index (χ2n) is 3.75. The summed E-state index contributed by atoms with van der Waals surface area (Å²) in [6.45, 7) is 0. The first kappa shape index (κ1) is 11.4. The Morgan fingerprint density at radius 3 is 2.69 bits per heavy atom. The molecule has 0 radical (unpaired) electrons. The van der Waals surface area contributed by atoms with Crippen LogP contribution in [0.4, 0.5) is 0 Å². The van der Waals surface area contributed by atoms with E-state index in [1.165, 1.54) is 0 Å². The van der Waals surface area contributed by atoms with Crippen molar-refractivity contribution in [2.24, 2.45) is 0 Å². The van der Waals surface area contributed by atoms with Crippen molar-refractivity contribution in [3.63, 3.8) is 0 Å². The molecule has 4 heteroatoms. The molecule has 2 N–H and O–H groups in total. The zero-order valence-corrected chi connectivity index (χ0v) is 10.3. The maximum absolute atomic E-state index is 10.9. The summed E-state index contributed by atoms with van der Waals surface area (Å²) in [6, 6.07) is 8.33. The van der Waals surface area contributed by atoms with Gasteiger partial charge in [-0.15, -0.1) is 0 Å². The van der Waals surface area contributed by atoms with Crippen LogP contribution in [0.15, 0.2) is 34.8 Å². The number of nitrogens with one attached hydrogen (secondary N) is 2. The Balaban J connectivity index is 1.93. The highest BCUT2D eigenvalue weighted by Crippen LogP contribution is 2.12. The summed E-state index contributed by atoms with van der Waals surface area (Å²) < 4.78 is 1.08. The van der Waals surface area contributed by atoms with E-state index in [1.807, 2.05) is 24.3 Å². The molecular formula is C12H13BrN2O. The molecule has 0 bridgehead atoms. The van der Waals surface area contributed by atoms with Crippen molar-refractivity contribution in [3.05, 3.63) is 40.4 Å². The summed E-state index contributed by atoms with van der Waals surface area (Å²) in [6.07, 6.45) is 5.56. The maximum atomic E-state index is 10.9. The van der Waals surface area contributed by atoms with Gasteiger partial charge in [-0.2, -0.15) is 0 Å². The summed E-state index contributed by atoms with van der Waals surface area (Å²) in [5.41, 5.74) is 6.74. The highest BCUT2D eigenvalue weighted by atomic mass is 79.9. The molecule has 1 fully saturated rings. The van der Waals surface area contributed by atoms with Gasteiger partial charge in [0.1, 0.15) is 0 Å². The number of hydrazine groups is 1. The quantitative estimate of drug-likeness (QED) is 0.873. The van der Waals surface area contributed by atoms with Crippen LogP contribution in [0.1, 0.15) is 18.4 Å². The van der Waals surface area contributed by atoms with Gasteiger partial charge in [0.25, 0.3) is 0 Å². The molecule has 3 nitrogen and oxygen atoms in total. The minimum Gasteiger partial charge on any atom is -0.291 e. The number of carbonyl (C=O) groups excluding carboxylic acids is 1. The third kappa shape index (κ3) is 3.18. The lowest BCUT2D eigenvalue weighted by Gasteiger charge is -2.20. The molecule has 1 aromatic carbocycles. The van der Waals surface area contributed by atoms with Crippen LogP contribution in [0.2, 0.25) is 0 Å². The van der Waals surface area contributed by atoms with E-state index in [1.54, 1.807) is 0 Å². The molecule has 0 aliphatic carbocycles.